The van der Waals surface area contributed by atoms with Crippen molar-refractivity contribution in [2.75, 3.05) is 17.7 Å². The lowest BCUT2D eigenvalue weighted by molar-refractivity contribution is -0.117. The normalized spacial score (nSPS) is 16.0. The molecule has 0 spiro atoms. The lowest BCUT2D eigenvalue weighted by atomic mass is 10.0. The number of aromatic amines is 1. The number of hydrogen-bond acceptors (Lipinski definition) is 6. The minimum absolute atomic E-state index is 0.137. The number of ketones is 1. The van der Waals surface area contributed by atoms with Crippen molar-refractivity contribution < 1.29 is 23.9 Å². The number of fused-ring (bicyclic) bond motifs is 4. The standard InChI is InChI=1S/C29H28ClN5O5/c1-17(36)21-11-9-19(30)14-18(21)8-13-27(38)33-23-6-4-3-5-7-26(37)34-24-15-20(32-29(39)40-2)10-12-22(24)25-16-31-28(23)35-25/h3-4,8-16,23H,5-7H2,1-2H3,(H,31,35)(H,32,39)(H,33,38)(H,34,37)/b4-3+,13-8+/t23-/m0/s1. The van der Waals surface area contributed by atoms with Crippen LogP contribution in [0.25, 0.3) is 17.3 Å². The van der Waals surface area contributed by atoms with Gasteiger partial charge in [0.05, 0.1) is 24.5 Å². The molecule has 2 aromatic carbocycles. The number of rotatable bonds is 5. The lowest BCUT2D eigenvalue weighted by Gasteiger charge is -2.14. The number of carbonyl (C=O) groups excluding carboxylic acids is 4. The number of hydrogen-bond donors (Lipinski definition) is 4. The van der Waals surface area contributed by atoms with Gasteiger partial charge in [-0.15, -0.1) is 0 Å². The Balaban J connectivity index is 1.61. The van der Waals surface area contributed by atoms with Crippen LogP contribution >= 0.6 is 11.6 Å². The first-order valence-corrected chi connectivity index (χ1v) is 12.9. The van der Waals surface area contributed by atoms with Gasteiger partial charge in [0.1, 0.15) is 5.82 Å². The number of amides is 3. The van der Waals surface area contributed by atoms with Crippen molar-refractivity contribution in [3.63, 3.8) is 0 Å². The maximum Gasteiger partial charge on any atom is 0.411 e. The van der Waals surface area contributed by atoms with Crippen LogP contribution in [0.5, 0.6) is 0 Å². The highest BCUT2D eigenvalue weighted by molar-refractivity contribution is 6.31. The fourth-order valence-corrected chi connectivity index (χ4v) is 4.34. The highest BCUT2D eigenvalue weighted by Gasteiger charge is 2.19. The van der Waals surface area contributed by atoms with Gasteiger partial charge in [0.25, 0.3) is 0 Å². The van der Waals surface area contributed by atoms with Gasteiger partial charge in [-0.3, -0.25) is 19.7 Å². The fraction of sp³-hybridized carbons (Fsp3) is 0.207. The van der Waals surface area contributed by atoms with Crippen LogP contribution < -0.4 is 16.0 Å². The Hall–Kier alpha value is -4.70. The molecule has 40 heavy (non-hydrogen) atoms. The summed E-state index contributed by atoms with van der Waals surface area (Å²) in [5.41, 5.74) is 3.07. The van der Waals surface area contributed by atoms with Gasteiger partial charge in [-0.1, -0.05) is 23.8 Å². The second kappa shape index (κ2) is 12.9. The number of ether oxygens (including phenoxy) is 1. The molecule has 11 heteroatoms. The number of allylic oxidation sites excluding steroid dienone is 1. The third-order valence-electron chi connectivity index (χ3n) is 6.13. The molecule has 4 N–H and O–H groups in total. The second-order valence-corrected chi connectivity index (χ2v) is 9.46. The monoisotopic (exact) mass is 561 g/mol. The number of carbonyl (C=O) groups is 4. The number of nitrogens with zero attached hydrogens (tertiary/aromatic N) is 1. The van der Waals surface area contributed by atoms with E-state index in [1.807, 2.05) is 12.2 Å². The molecule has 0 unspecified atom stereocenters. The summed E-state index contributed by atoms with van der Waals surface area (Å²) in [6.07, 6.45) is 8.87. The zero-order chi connectivity index (χ0) is 28.6. The topological polar surface area (TPSA) is 142 Å². The average Bonchev–Trinajstić information content (AvgIpc) is 3.40. The zero-order valence-corrected chi connectivity index (χ0v) is 22.7. The van der Waals surface area contributed by atoms with Crippen LogP contribution in [0.4, 0.5) is 16.2 Å². The minimum Gasteiger partial charge on any atom is -0.453 e. The van der Waals surface area contributed by atoms with Crippen LogP contribution in [0, 0.1) is 0 Å². The van der Waals surface area contributed by atoms with Crippen LogP contribution in [-0.2, 0) is 14.3 Å². The smallest absolute Gasteiger partial charge is 0.411 e. The van der Waals surface area contributed by atoms with E-state index in [4.69, 9.17) is 16.6 Å². The molecule has 206 valence electrons. The molecule has 10 nitrogen and oxygen atoms in total. The number of anilines is 2. The van der Waals surface area contributed by atoms with E-state index in [0.29, 0.717) is 57.4 Å². The van der Waals surface area contributed by atoms with E-state index in [-0.39, 0.29) is 24.0 Å². The summed E-state index contributed by atoms with van der Waals surface area (Å²) in [7, 11) is 1.26. The van der Waals surface area contributed by atoms with Crippen molar-refractivity contribution in [3.8, 4) is 11.3 Å². The number of aromatic nitrogens is 2. The van der Waals surface area contributed by atoms with Gasteiger partial charge >= 0.3 is 6.09 Å². The summed E-state index contributed by atoms with van der Waals surface area (Å²) in [6, 6.07) is 9.41. The number of nitrogens with one attached hydrogen (secondary N) is 4. The Morgan fingerprint density at radius 2 is 1.98 bits per heavy atom. The maximum absolute atomic E-state index is 12.9. The average molecular weight is 562 g/mol. The van der Waals surface area contributed by atoms with E-state index < -0.39 is 12.1 Å². The van der Waals surface area contributed by atoms with Crippen LogP contribution in [0.1, 0.15) is 54.0 Å². The van der Waals surface area contributed by atoms with Crippen LogP contribution in [0.15, 0.2) is 60.8 Å². The minimum atomic E-state index is -0.636. The summed E-state index contributed by atoms with van der Waals surface area (Å²) in [5, 5.41) is 8.88. The summed E-state index contributed by atoms with van der Waals surface area (Å²) in [4.78, 5) is 57.0. The quantitative estimate of drug-likeness (QED) is 0.180. The Morgan fingerprint density at radius 3 is 2.75 bits per heavy atom. The van der Waals surface area contributed by atoms with E-state index in [0.717, 1.165) is 0 Å². The van der Waals surface area contributed by atoms with Crippen LogP contribution in [0.3, 0.4) is 0 Å². The van der Waals surface area contributed by atoms with Crippen molar-refractivity contribution in [2.24, 2.45) is 0 Å². The first-order valence-electron chi connectivity index (χ1n) is 12.5. The highest BCUT2D eigenvalue weighted by atomic mass is 35.5. The molecule has 1 aliphatic heterocycles. The van der Waals surface area contributed by atoms with Crippen molar-refractivity contribution in [1.29, 1.82) is 0 Å². The first-order chi connectivity index (χ1) is 19.2. The summed E-state index contributed by atoms with van der Waals surface area (Å²) in [5.74, 6) is -0.202. The van der Waals surface area contributed by atoms with Crippen LogP contribution in [0.2, 0.25) is 5.02 Å². The molecule has 1 aliphatic rings. The van der Waals surface area contributed by atoms with Gasteiger partial charge in [-0.25, -0.2) is 9.78 Å². The Kier molecular flexibility index (Phi) is 9.13. The number of methoxy groups -OCH3 is 1. The maximum atomic E-state index is 12.9. The van der Waals surface area contributed by atoms with Gasteiger partial charge in [-0.05, 0) is 67.8 Å². The largest absolute Gasteiger partial charge is 0.453 e. The van der Waals surface area contributed by atoms with E-state index in [1.165, 1.54) is 20.1 Å². The zero-order valence-electron chi connectivity index (χ0n) is 21.9. The third-order valence-corrected chi connectivity index (χ3v) is 6.36. The van der Waals surface area contributed by atoms with E-state index in [2.05, 4.69) is 25.7 Å². The van der Waals surface area contributed by atoms with Crippen molar-refractivity contribution in [3.05, 3.63) is 82.8 Å². The Bertz CT molecular complexity index is 1510. The summed E-state index contributed by atoms with van der Waals surface area (Å²) < 4.78 is 4.65. The third kappa shape index (κ3) is 7.23. The fourth-order valence-electron chi connectivity index (χ4n) is 4.16. The van der Waals surface area contributed by atoms with E-state index >= 15 is 0 Å². The molecule has 0 radical (unpaired) electrons. The number of H-pyrrole nitrogens is 1. The van der Waals surface area contributed by atoms with Crippen molar-refractivity contribution >= 4 is 52.7 Å². The number of imidazole rings is 1. The van der Waals surface area contributed by atoms with E-state index in [9.17, 15) is 19.2 Å². The molecule has 0 saturated heterocycles. The first kappa shape index (κ1) is 28.3. The molecule has 1 aromatic heterocycles. The molecule has 1 atom stereocenters. The number of Topliss-reactive ketones (excluding diaryl/α,β-unsaturated/α-hetero) is 1. The molecule has 2 bridgehead atoms. The molecule has 3 amide bonds. The SMILES string of the molecule is COC(=O)Nc1ccc2c(c1)NC(=O)CC/C=C/C[C@H](NC(=O)/C=C/c1cc(Cl)ccc1C(C)=O)c1nc-2c[nH]1. The predicted molar refractivity (Wildman–Crippen MR) is 153 cm³/mol. The molecule has 2 heterocycles. The van der Waals surface area contributed by atoms with Crippen molar-refractivity contribution in [2.45, 2.75) is 32.2 Å². The molecule has 4 rings (SSSR count). The van der Waals surface area contributed by atoms with Gasteiger partial charge < -0.3 is 20.4 Å². The molecule has 0 fully saturated rings. The van der Waals surface area contributed by atoms with Gasteiger partial charge in [0.2, 0.25) is 11.8 Å². The van der Waals surface area contributed by atoms with Crippen molar-refractivity contribution in [1.82, 2.24) is 15.3 Å². The number of halogens is 1. The highest BCUT2D eigenvalue weighted by Crippen LogP contribution is 2.31. The van der Waals surface area contributed by atoms with E-state index in [1.54, 1.807) is 48.7 Å². The van der Waals surface area contributed by atoms with Crippen LogP contribution in [-0.4, -0.2) is 40.8 Å². The predicted octanol–water partition coefficient (Wildman–Crippen LogP) is 5.66. The molecular formula is C29H28ClN5O5. The lowest BCUT2D eigenvalue weighted by Crippen LogP contribution is -2.27. The summed E-state index contributed by atoms with van der Waals surface area (Å²) in [6.45, 7) is 1.45. The molecular weight excluding hydrogens is 534 g/mol. The number of benzene rings is 2. The molecule has 0 aliphatic carbocycles. The molecule has 3 aromatic rings. The van der Waals surface area contributed by atoms with Gasteiger partial charge in [0.15, 0.2) is 5.78 Å². The summed E-state index contributed by atoms with van der Waals surface area (Å²) >= 11 is 6.08. The second-order valence-electron chi connectivity index (χ2n) is 9.02. The Labute approximate surface area is 235 Å². The van der Waals surface area contributed by atoms with Gasteiger partial charge in [0, 0.05) is 40.5 Å². The van der Waals surface area contributed by atoms with Gasteiger partial charge in [-0.2, -0.15) is 0 Å². The Morgan fingerprint density at radius 1 is 1.15 bits per heavy atom. The molecule has 0 saturated carbocycles.